The van der Waals surface area contributed by atoms with Crippen LogP contribution in [0, 0.1) is 0 Å². The fraction of sp³-hybridized carbons (Fsp3) is 0.0588. The fourth-order valence-electron chi connectivity index (χ4n) is 2.35. The van der Waals surface area contributed by atoms with Crippen LogP contribution in [0.15, 0.2) is 54.7 Å². The average molecular weight is 263 g/mol. The van der Waals surface area contributed by atoms with Crippen molar-refractivity contribution >= 4 is 16.7 Å². The summed E-state index contributed by atoms with van der Waals surface area (Å²) in [7, 11) is 0. The molecule has 0 radical (unpaired) electrons. The molecule has 3 heteroatoms. The number of phenols is 1. The fourth-order valence-corrected chi connectivity index (χ4v) is 2.35. The number of fused-ring (bicyclic) bond motifs is 1. The zero-order valence-electron chi connectivity index (χ0n) is 11.0. The average Bonchev–Trinajstić information content (AvgIpc) is 2.48. The number of hydrogen-bond acceptors (Lipinski definition) is 3. The zero-order valence-corrected chi connectivity index (χ0v) is 11.0. The van der Waals surface area contributed by atoms with Crippen molar-refractivity contribution in [1.82, 2.24) is 4.98 Å². The molecule has 0 aliphatic carbocycles. The number of nitrogens with zero attached hydrogens (tertiary/aromatic N) is 1. The molecular formula is C17H13NO2. The molecular weight excluding hydrogens is 250 g/mol. The molecule has 1 aromatic heterocycles. The minimum atomic E-state index is -0.174. The Kier molecular flexibility index (Phi) is 2.95. The van der Waals surface area contributed by atoms with Gasteiger partial charge >= 0.3 is 0 Å². The van der Waals surface area contributed by atoms with Gasteiger partial charge in [0.25, 0.3) is 0 Å². The first-order valence-electron chi connectivity index (χ1n) is 6.35. The van der Waals surface area contributed by atoms with Crippen molar-refractivity contribution in [3.05, 3.63) is 60.3 Å². The molecule has 0 spiro atoms. The summed E-state index contributed by atoms with van der Waals surface area (Å²) in [6, 6.07) is 15.2. The number of aromatic hydroxyl groups is 1. The lowest BCUT2D eigenvalue weighted by Gasteiger charge is -2.11. The van der Waals surface area contributed by atoms with Gasteiger partial charge in [-0.2, -0.15) is 0 Å². The highest BCUT2D eigenvalue weighted by Crippen LogP contribution is 2.35. The van der Waals surface area contributed by atoms with Crippen LogP contribution in [0.2, 0.25) is 0 Å². The Balaban J connectivity index is 2.42. The van der Waals surface area contributed by atoms with E-state index < -0.39 is 0 Å². The first-order valence-corrected chi connectivity index (χ1v) is 6.35. The number of carbonyl (C=O) groups excluding carboxylic acids is 1. The third kappa shape index (κ3) is 1.93. The number of phenolic OH excluding ortho intramolecular Hbond substituents is 1. The topological polar surface area (TPSA) is 50.2 Å². The summed E-state index contributed by atoms with van der Waals surface area (Å²) in [5, 5.41) is 11.0. The Morgan fingerprint density at radius 3 is 2.55 bits per heavy atom. The van der Waals surface area contributed by atoms with E-state index in [1.807, 2.05) is 42.5 Å². The van der Waals surface area contributed by atoms with Gasteiger partial charge < -0.3 is 5.11 Å². The highest BCUT2D eigenvalue weighted by molar-refractivity contribution is 6.07. The monoisotopic (exact) mass is 263 g/mol. The molecule has 3 aromatic rings. The van der Waals surface area contributed by atoms with Crippen LogP contribution in [0.3, 0.4) is 0 Å². The molecule has 3 nitrogen and oxygen atoms in total. The number of hydrogen-bond donors (Lipinski definition) is 1. The maximum absolute atomic E-state index is 11.7. The lowest BCUT2D eigenvalue weighted by Crippen LogP contribution is -1.96. The lowest BCUT2D eigenvalue weighted by atomic mass is 9.96. The van der Waals surface area contributed by atoms with E-state index in [0.29, 0.717) is 11.1 Å². The van der Waals surface area contributed by atoms with Crippen molar-refractivity contribution in [3.8, 4) is 16.9 Å². The molecule has 0 fully saturated rings. The van der Waals surface area contributed by atoms with Crippen molar-refractivity contribution in [2.24, 2.45) is 0 Å². The molecule has 1 heterocycles. The van der Waals surface area contributed by atoms with Gasteiger partial charge in [0.2, 0.25) is 0 Å². The first-order chi connectivity index (χ1) is 9.68. The third-order valence-electron chi connectivity index (χ3n) is 3.33. The van der Waals surface area contributed by atoms with Crippen LogP contribution in [0.1, 0.15) is 17.3 Å². The molecule has 2 aromatic carbocycles. The first kappa shape index (κ1) is 12.4. The van der Waals surface area contributed by atoms with E-state index in [2.05, 4.69) is 4.98 Å². The van der Waals surface area contributed by atoms with Gasteiger partial charge in [-0.25, -0.2) is 0 Å². The Labute approximate surface area is 116 Å². The predicted molar refractivity (Wildman–Crippen MR) is 78.8 cm³/mol. The minimum Gasteiger partial charge on any atom is -0.505 e. The van der Waals surface area contributed by atoms with Crippen LogP contribution < -0.4 is 0 Å². The van der Waals surface area contributed by atoms with E-state index in [1.165, 1.54) is 6.92 Å². The minimum absolute atomic E-state index is 0.0484. The van der Waals surface area contributed by atoms with Gasteiger partial charge in [0.05, 0.1) is 5.56 Å². The molecule has 0 saturated heterocycles. The summed E-state index contributed by atoms with van der Waals surface area (Å²) in [4.78, 5) is 15.9. The summed E-state index contributed by atoms with van der Waals surface area (Å²) in [6.07, 6.45) is 1.61. The number of benzene rings is 2. The van der Waals surface area contributed by atoms with Gasteiger partial charge in [0.1, 0.15) is 5.52 Å². The summed E-state index contributed by atoms with van der Waals surface area (Å²) in [6.45, 7) is 1.44. The molecule has 98 valence electrons. The summed E-state index contributed by atoms with van der Waals surface area (Å²) in [5.41, 5.74) is 2.65. The van der Waals surface area contributed by atoms with Crippen LogP contribution in [0.4, 0.5) is 0 Å². The van der Waals surface area contributed by atoms with Gasteiger partial charge in [-0.15, -0.1) is 0 Å². The van der Waals surface area contributed by atoms with Crippen molar-refractivity contribution in [2.45, 2.75) is 6.92 Å². The molecule has 0 amide bonds. The van der Waals surface area contributed by atoms with E-state index >= 15 is 0 Å². The Bertz CT molecular complexity index is 795. The molecule has 0 aliphatic rings. The zero-order chi connectivity index (χ0) is 14.1. The molecule has 0 aliphatic heterocycles. The van der Waals surface area contributed by atoms with Gasteiger partial charge in [-0.3, -0.25) is 9.78 Å². The summed E-state index contributed by atoms with van der Waals surface area (Å²) in [5.74, 6) is -0.222. The number of ketones is 1. The van der Waals surface area contributed by atoms with Gasteiger partial charge in [0, 0.05) is 11.6 Å². The second-order valence-corrected chi connectivity index (χ2v) is 4.64. The Morgan fingerprint density at radius 1 is 1.10 bits per heavy atom. The molecule has 0 bridgehead atoms. The van der Waals surface area contributed by atoms with Gasteiger partial charge in [0.15, 0.2) is 11.5 Å². The van der Waals surface area contributed by atoms with Crippen molar-refractivity contribution in [2.75, 3.05) is 0 Å². The summed E-state index contributed by atoms with van der Waals surface area (Å²) >= 11 is 0. The molecule has 0 saturated carbocycles. The number of carbonyl (C=O) groups is 1. The maximum atomic E-state index is 11.7. The van der Waals surface area contributed by atoms with Gasteiger partial charge in [-0.05, 0) is 30.2 Å². The molecule has 3 rings (SSSR count). The van der Waals surface area contributed by atoms with E-state index in [1.54, 1.807) is 12.3 Å². The van der Waals surface area contributed by atoms with Gasteiger partial charge in [-0.1, -0.05) is 36.4 Å². The number of pyridine rings is 1. The van der Waals surface area contributed by atoms with Crippen LogP contribution in [-0.4, -0.2) is 15.9 Å². The second kappa shape index (κ2) is 4.78. The number of rotatable bonds is 2. The second-order valence-electron chi connectivity index (χ2n) is 4.64. The van der Waals surface area contributed by atoms with Crippen LogP contribution in [-0.2, 0) is 0 Å². The van der Waals surface area contributed by atoms with E-state index in [4.69, 9.17) is 0 Å². The Hall–Kier alpha value is -2.68. The third-order valence-corrected chi connectivity index (χ3v) is 3.33. The van der Waals surface area contributed by atoms with Crippen LogP contribution in [0.25, 0.3) is 22.0 Å². The van der Waals surface area contributed by atoms with Crippen molar-refractivity contribution in [1.29, 1.82) is 0 Å². The van der Waals surface area contributed by atoms with E-state index in [-0.39, 0.29) is 11.5 Å². The smallest absolute Gasteiger partial charge is 0.163 e. The number of Topliss-reactive ketones (excluding diaryl/α,β-unsaturated/α-hetero) is 1. The van der Waals surface area contributed by atoms with Crippen LogP contribution in [0.5, 0.6) is 5.75 Å². The summed E-state index contributed by atoms with van der Waals surface area (Å²) < 4.78 is 0. The Morgan fingerprint density at radius 2 is 1.85 bits per heavy atom. The predicted octanol–water partition coefficient (Wildman–Crippen LogP) is 3.81. The van der Waals surface area contributed by atoms with Crippen molar-refractivity contribution in [3.63, 3.8) is 0 Å². The molecule has 0 atom stereocenters. The normalized spacial score (nSPS) is 10.7. The van der Waals surface area contributed by atoms with Crippen molar-refractivity contribution < 1.29 is 9.90 Å². The number of aromatic nitrogens is 1. The molecule has 20 heavy (non-hydrogen) atoms. The molecule has 1 N–H and O–H groups in total. The highest BCUT2D eigenvalue weighted by atomic mass is 16.3. The van der Waals surface area contributed by atoms with E-state index in [0.717, 1.165) is 16.5 Å². The largest absolute Gasteiger partial charge is 0.505 e. The highest BCUT2D eigenvalue weighted by Gasteiger charge is 2.15. The van der Waals surface area contributed by atoms with Crippen LogP contribution >= 0.6 is 0 Å². The molecule has 0 unspecified atom stereocenters. The lowest BCUT2D eigenvalue weighted by molar-refractivity contribution is 0.101. The SMILES string of the molecule is CC(=O)c1cc(-c2ccccc2)c2cccnc2c1O. The van der Waals surface area contributed by atoms with E-state index in [9.17, 15) is 9.90 Å². The maximum Gasteiger partial charge on any atom is 0.163 e. The standard InChI is InChI=1S/C17H13NO2/c1-11(19)14-10-15(12-6-3-2-4-7-12)13-8-5-9-18-16(13)17(14)20/h2-10,20H,1H3. The quantitative estimate of drug-likeness (QED) is 0.715.